The number of ether oxygens (including phenoxy) is 2. The van der Waals surface area contributed by atoms with Crippen LogP contribution in [0.3, 0.4) is 0 Å². The smallest absolute Gasteiger partial charge is 0.355 e. The second-order valence-corrected chi connectivity index (χ2v) is 7.10. The van der Waals surface area contributed by atoms with Crippen LogP contribution in [0.4, 0.5) is 0 Å². The van der Waals surface area contributed by atoms with Gasteiger partial charge < -0.3 is 19.4 Å². The van der Waals surface area contributed by atoms with Gasteiger partial charge in [-0.3, -0.25) is 9.59 Å². The van der Waals surface area contributed by atoms with Gasteiger partial charge >= 0.3 is 5.97 Å². The lowest BCUT2D eigenvalue weighted by atomic mass is 9.99. The maximum atomic E-state index is 13.4. The third kappa shape index (κ3) is 5.16. The summed E-state index contributed by atoms with van der Waals surface area (Å²) in [5.74, 6) is -0.940. The zero-order valence-electron chi connectivity index (χ0n) is 18.3. The van der Waals surface area contributed by atoms with Gasteiger partial charge in [0.25, 0.3) is 5.91 Å². The van der Waals surface area contributed by atoms with Crippen molar-refractivity contribution in [1.82, 2.24) is 9.88 Å². The molecule has 0 aliphatic rings. The zero-order chi connectivity index (χ0) is 22.3. The molecule has 30 heavy (non-hydrogen) atoms. The molecular formula is C23H30N2O5. The molecule has 0 bridgehead atoms. The van der Waals surface area contributed by atoms with E-state index in [0.717, 1.165) is 0 Å². The van der Waals surface area contributed by atoms with E-state index in [4.69, 9.17) is 9.47 Å². The number of nitrogens with zero attached hydrogens (tertiary/aromatic N) is 1. The number of H-pyrrole nitrogens is 1. The largest absolute Gasteiger partial charge is 0.461 e. The van der Waals surface area contributed by atoms with E-state index in [1.807, 2.05) is 6.07 Å². The summed E-state index contributed by atoms with van der Waals surface area (Å²) < 4.78 is 10.2. The molecular weight excluding hydrogens is 384 g/mol. The Morgan fingerprint density at radius 2 is 1.80 bits per heavy atom. The highest BCUT2D eigenvalue weighted by molar-refractivity contribution is 6.07. The summed E-state index contributed by atoms with van der Waals surface area (Å²) in [6, 6.07) is 8.17. The van der Waals surface area contributed by atoms with Gasteiger partial charge in [-0.1, -0.05) is 18.2 Å². The van der Waals surface area contributed by atoms with Crippen molar-refractivity contribution >= 4 is 17.7 Å². The van der Waals surface area contributed by atoms with E-state index >= 15 is 0 Å². The summed E-state index contributed by atoms with van der Waals surface area (Å²) in [5, 5.41) is 0. The molecule has 162 valence electrons. The van der Waals surface area contributed by atoms with Crippen LogP contribution in [0, 0.1) is 13.8 Å². The Hall–Kier alpha value is -2.93. The van der Waals surface area contributed by atoms with Gasteiger partial charge in [0.15, 0.2) is 5.78 Å². The van der Waals surface area contributed by atoms with Crippen LogP contribution >= 0.6 is 0 Å². The summed E-state index contributed by atoms with van der Waals surface area (Å²) in [7, 11) is 1.60. The first-order valence-electron chi connectivity index (χ1n) is 10.1. The van der Waals surface area contributed by atoms with E-state index in [2.05, 4.69) is 4.98 Å². The average Bonchev–Trinajstić information content (AvgIpc) is 3.04. The van der Waals surface area contributed by atoms with E-state index < -0.39 is 12.0 Å². The molecule has 0 saturated heterocycles. The summed E-state index contributed by atoms with van der Waals surface area (Å²) >= 11 is 0. The molecule has 1 aromatic carbocycles. The standard InChI is InChI=1S/C23H30N2O5/c1-6-30-23(28)20-15(2)19(16(3)24-20)21(26)17(4)25(13-10-14-29-5)22(27)18-11-8-7-9-12-18/h7-9,11-12,17,24H,6,10,13-14H2,1-5H3/t17-/m0/s1. The first-order valence-corrected chi connectivity index (χ1v) is 10.1. The Balaban J connectivity index is 2.35. The van der Waals surface area contributed by atoms with Crippen molar-refractivity contribution in [3.63, 3.8) is 0 Å². The molecule has 1 aromatic heterocycles. The van der Waals surface area contributed by atoms with Gasteiger partial charge in [0.2, 0.25) is 0 Å². The van der Waals surface area contributed by atoms with Crippen LogP contribution < -0.4 is 0 Å². The normalized spacial score (nSPS) is 11.8. The summed E-state index contributed by atoms with van der Waals surface area (Å²) in [6.45, 7) is 8.00. The lowest BCUT2D eigenvalue weighted by Crippen LogP contribution is -2.44. The monoisotopic (exact) mass is 414 g/mol. The molecule has 1 atom stereocenters. The van der Waals surface area contributed by atoms with Crippen molar-refractivity contribution in [2.75, 3.05) is 26.9 Å². The van der Waals surface area contributed by atoms with Crippen molar-refractivity contribution < 1.29 is 23.9 Å². The minimum absolute atomic E-state index is 0.219. The number of amides is 1. The van der Waals surface area contributed by atoms with E-state index in [-0.39, 0.29) is 24.0 Å². The molecule has 7 heteroatoms. The Morgan fingerprint density at radius 1 is 1.13 bits per heavy atom. The minimum atomic E-state index is -0.710. The number of esters is 1. The molecule has 0 unspecified atom stereocenters. The fourth-order valence-corrected chi connectivity index (χ4v) is 3.47. The van der Waals surface area contributed by atoms with E-state index in [1.54, 1.807) is 64.0 Å². The second kappa shape index (κ2) is 10.7. The summed E-state index contributed by atoms with van der Waals surface area (Å²) in [6.07, 6.45) is 0.603. The number of Topliss-reactive ketones (excluding diaryl/α,β-unsaturated/α-hetero) is 1. The second-order valence-electron chi connectivity index (χ2n) is 7.10. The number of carbonyl (C=O) groups is 3. The van der Waals surface area contributed by atoms with Crippen LogP contribution in [-0.4, -0.2) is 60.5 Å². The SMILES string of the molecule is CCOC(=O)c1[nH]c(C)c(C(=O)[C@H](C)N(CCCOC)C(=O)c2ccccc2)c1C. The van der Waals surface area contributed by atoms with E-state index in [9.17, 15) is 14.4 Å². The number of hydrogen-bond acceptors (Lipinski definition) is 5. The van der Waals surface area contributed by atoms with Gasteiger partial charge in [0.1, 0.15) is 5.69 Å². The number of rotatable bonds is 10. The Kier molecular flexibility index (Phi) is 8.35. The molecule has 0 radical (unpaired) electrons. The number of benzene rings is 1. The number of methoxy groups -OCH3 is 1. The molecule has 0 fully saturated rings. The number of hydrogen-bond donors (Lipinski definition) is 1. The molecule has 1 heterocycles. The lowest BCUT2D eigenvalue weighted by molar-refractivity contribution is 0.0518. The highest BCUT2D eigenvalue weighted by Gasteiger charge is 2.31. The lowest BCUT2D eigenvalue weighted by Gasteiger charge is -2.29. The molecule has 0 saturated carbocycles. The van der Waals surface area contributed by atoms with Crippen LogP contribution in [0.25, 0.3) is 0 Å². The van der Waals surface area contributed by atoms with Crippen molar-refractivity contribution in [2.45, 2.75) is 40.2 Å². The van der Waals surface area contributed by atoms with Crippen LogP contribution in [0.2, 0.25) is 0 Å². The predicted octanol–water partition coefficient (Wildman–Crippen LogP) is 3.56. The molecule has 2 aromatic rings. The third-order valence-electron chi connectivity index (χ3n) is 5.04. The Morgan fingerprint density at radius 3 is 2.40 bits per heavy atom. The maximum Gasteiger partial charge on any atom is 0.355 e. The first-order chi connectivity index (χ1) is 14.3. The molecule has 1 N–H and O–H groups in total. The molecule has 2 rings (SSSR count). The number of nitrogens with one attached hydrogen (secondary N) is 1. The minimum Gasteiger partial charge on any atom is -0.461 e. The van der Waals surface area contributed by atoms with Crippen LogP contribution in [0.15, 0.2) is 30.3 Å². The number of carbonyl (C=O) groups excluding carboxylic acids is 3. The average molecular weight is 415 g/mol. The van der Waals surface area contributed by atoms with Crippen LogP contribution in [0.1, 0.15) is 62.7 Å². The molecule has 0 spiro atoms. The first kappa shape index (κ1) is 23.3. The molecule has 7 nitrogen and oxygen atoms in total. The van der Waals surface area contributed by atoms with Gasteiger partial charge in [-0.05, 0) is 51.8 Å². The molecule has 1 amide bonds. The highest BCUT2D eigenvalue weighted by atomic mass is 16.5. The van der Waals surface area contributed by atoms with Crippen LogP contribution in [0.5, 0.6) is 0 Å². The number of aryl methyl sites for hydroxylation is 1. The van der Waals surface area contributed by atoms with Crippen molar-refractivity contribution in [3.8, 4) is 0 Å². The predicted molar refractivity (Wildman–Crippen MR) is 114 cm³/mol. The molecule has 0 aliphatic heterocycles. The van der Waals surface area contributed by atoms with Gasteiger partial charge in [0.05, 0.1) is 12.6 Å². The van der Waals surface area contributed by atoms with Crippen molar-refractivity contribution in [2.24, 2.45) is 0 Å². The van der Waals surface area contributed by atoms with Gasteiger partial charge in [-0.2, -0.15) is 0 Å². The third-order valence-corrected chi connectivity index (χ3v) is 5.04. The number of aromatic nitrogens is 1. The Labute approximate surface area is 177 Å². The quantitative estimate of drug-likeness (QED) is 0.365. The Bertz CT molecular complexity index is 888. The number of aromatic amines is 1. The van der Waals surface area contributed by atoms with E-state index in [1.165, 1.54) is 0 Å². The summed E-state index contributed by atoms with van der Waals surface area (Å²) in [5.41, 5.74) is 2.32. The highest BCUT2D eigenvalue weighted by Crippen LogP contribution is 2.23. The fourth-order valence-electron chi connectivity index (χ4n) is 3.47. The van der Waals surface area contributed by atoms with E-state index in [0.29, 0.717) is 42.0 Å². The van der Waals surface area contributed by atoms with Crippen molar-refractivity contribution in [1.29, 1.82) is 0 Å². The topological polar surface area (TPSA) is 88.7 Å². The molecule has 0 aliphatic carbocycles. The van der Waals surface area contributed by atoms with Gasteiger partial charge in [-0.15, -0.1) is 0 Å². The fraction of sp³-hybridized carbons (Fsp3) is 0.435. The van der Waals surface area contributed by atoms with Crippen LogP contribution in [-0.2, 0) is 9.47 Å². The number of ketones is 1. The zero-order valence-corrected chi connectivity index (χ0v) is 18.3. The maximum absolute atomic E-state index is 13.4. The van der Waals surface area contributed by atoms with Gasteiger partial charge in [-0.25, -0.2) is 4.79 Å². The van der Waals surface area contributed by atoms with Gasteiger partial charge in [0, 0.05) is 37.1 Å². The summed E-state index contributed by atoms with van der Waals surface area (Å²) in [4.78, 5) is 43.2. The van der Waals surface area contributed by atoms with Crippen molar-refractivity contribution in [3.05, 3.63) is 58.4 Å².